The molecule has 0 spiro atoms. The van der Waals surface area contributed by atoms with Crippen LogP contribution in [0.1, 0.15) is 20.8 Å². The monoisotopic (exact) mass is 361 g/mol. The third-order valence-electron chi connectivity index (χ3n) is 4.47. The van der Waals surface area contributed by atoms with E-state index in [4.69, 9.17) is 4.42 Å². The summed E-state index contributed by atoms with van der Waals surface area (Å²) in [5.41, 5.74) is 1.75. The van der Waals surface area contributed by atoms with E-state index < -0.39 is 0 Å². The fourth-order valence-corrected chi connectivity index (χ4v) is 3.84. The summed E-state index contributed by atoms with van der Waals surface area (Å²) in [5, 5.41) is 4.15. The summed E-state index contributed by atoms with van der Waals surface area (Å²) in [5.74, 6) is 0.0551. The summed E-state index contributed by atoms with van der Waals surface area (Å²) < 4.78 is 5.19. The van der Waals surface area contributed by atoms with E-state index in [-0.39, 0.29) is 5.91 Å². The van der Waals surface area contributed by atoms with Crippen LogP contribution in [0.2, 0.25) is 0 Å². The van der Waals surface area contributed by atoms with Gasteiger partial charge in [0.15, 0.2) is 0 Å². The van der Waals surface area contributed by atoms with Gasteiger partial charge in [0.1, 0.15) is 0 Å². The number of fused-ring (bicyclic) bond motifs is 1. The van der Waals surface area contributed by atoms with Crippen molar-refractivity contribution in [1.29, 1.82) is 0 Å². The molecule has 2 heterocycles. The lowest BCUT2D eigenvalue weighted by Crippen LogP contribution is -2.32. The lowest BCUT2D eigenvalue weighted by atomic mass is 10.0. The highest BCUT2D eigenvalue weighted by Crippen LogP contribution is 2.21. The Morgan fingerprint density at radius 1 is 1.00 bits per heavy atom. The number of benzene rings is 2. The summed E-state index contributed by atoms with van der Waals surface area (Å²) in [6, 6.07) is 20.0. The maximum Gasteiger partial charge on any atom is 0.254 e. The molecule has 1 amide bonds. The van der Waals surface area contributed by atoms with Crippen molar-refractivity contribution in [3.8, 4) is 0 Å². The molecule has 0 saturated carbocycles. The number of hydrogen-bond acceptors (Lipinski definition) is 3. The van der Waals surface area contributed by atoms with Crippen LogP contribution in [0.3, 0.4) is 0 Å². The van der Waals surface area contributed by atoms with Gasteiger partial charge in [0.2, 0.25) is 0 Å². The van der Waals surface area contributed by atoms with Crippen molar-refractivity contribution in [2.75, 3.05) is 6.54 Å². The maximum atomic E-state index is 13.3. The van der Waals surface area contributed by atoms with Gasteiger partial charge in [-0.05, 0) is 40.8 Å². The first kappa shape index (κ1) is 16.6. The van der Waals surface area contributed by atoms with Crippen molar-refractivity contribution in [2.45, 2.75) is 13.0 Å². The van der Waals surface area contributed by atoms with E-state index in [1.165, 1.54) is 4.88 Å². The molecule has 2 aromatic heterocycles. The summed E-state index contributed by atoms with van der Waals surface area (Å²) in [6.07, 6.45) is 4.20. The molecule has 4 rings (SSSR count). The molecule has 26 heavy (non-hydrogen) atoms. The van der Waals surface area contributed by atoms with Crippen LogP contribution in [0, 0.1) is 0 Å². The number of rotatable bonds is 6. The molecule has 0 aliphatic rings. The Morgan fingerprint density at radius 3 is 2.69 bits per heavy atom. The fraction of sp³-hybridized carbons (Fsp3) is 0.136. The second kappa shape index (κ2) is 7.58. The predicted octanol–water partition coefficient (Wildman–Crippen LogP) is 5.38. The van der Waals surface area contributed by atoms with Gasteiger partial charge in [-0.1, -0.05) is 42.5 Å². The Bertz CT molecular complexity index is 985. The molecular formula is C22H19NO2S. The molecule has 0 unspecified atom stereocenters. The molecule has 4 aromatic rings. The zero-order valence-electron chi connectivity index (χ0n) is 14.3. The van der Waals surface area contributed by atoms with E-state index in [9.17, 15) is 4.79 Å². The highest BCUT2D eigenvalue weighted by Gasteiger charge is 2.19. The first-order chi connectivity index (χ1) is 12.8. The van der Waals surface area contributed by atoms with Crippen molar-refractivity contribution in [3.05, 3.63) is 94.6 Å². The molecule has 0 atom stereocenters. The first-order valence-electron chi connectivity index (χ1n) is 8.62. The highest BCUT2D eigenvalue weighted by atomic mass is 32.1. The maximum absolute atomic E-state index is 13.3. The second-order valence-corrected chi connectivity index (χ2v) is 7.25. The standard InChI is InChI=1S/C22H19NO2S/c24-22(21-9-3-6-18-5-1-2-8-20(18)21)23(15-17-11-13-25-16-17)12-10-19-7-4-14-26-19/h1-9,11,13-14,16H,10,12,15H2. The van der Waals surface area contributed by atoms with Gasteiger partial charge in [-0.25, -0.2) is 0 Å². The van der Waals surface area contributed by atoms with Gasteiger partial charge >= 0.3 is 0 Å². The lowest BCUT2D eigenvalue weighted by molar-refractivity contribution is 0.0747. The average molecular weight is 361 g/mol. The number of carbonyl (C=O) groups is 1. The summed E-state index contributed by atoms with van der Waals surface area (Å²) in [6.45, 7) is 1.22. The van der Waals surface area contributed by atoms with Gasteiger partial charge < -0.3 is 9.32 Å². The van der Waals surface area contributed by atoms with Gasteiger partial charge in [0, 0.05) is 29.1 Å². The highest BCUT2D eigenvalue weighted by molar-refractivity contribution is 7.09. The van der Waals surface area contributed by atoms with Gasteiger partial charge in [-0.15, -0.1) is 11.3 Å². The van der Waals surface area contributed by atoms with Crippen LogP contribution in [0.25, 0.3) is 10.8 Å². The molecule has 0 N–H and O–H groups in total. The van der Waals surface area contributed by atoms with E-state index in [1.807, 2.05) is 59.5 Å². The van der Waals surface area contributed by atoms with E-state index in [2.05, 4.69) is 11.4 Å². The number of hydrogen-bond donors (Lipinski definition) is 0. The van der Waals surface area contributed by atoms with Crippen molar-refractivity contribution in [2.24, 2.45) is 0 Å². The molecule has 4 heteroatoms. The van der Waals surface area contributed by atoms with Gasteiger partial charge in [0.25, 0.3) is 5.91 Å². The van der Waals surface area contributed by atoms with E-state index in [0.29, 0.717) is 13.1 Å². The fourth-order valence-electron chi connectivity index (χ4n) is 3.14. The zero-order chi connectivity index (χ0) is 17.8. The predicted molar refractivity (Wildman–Crippen MR) is 105 cm³/mol. The minimum atomic E-state index is 0.0551. The molecule has 0 fully saturated rings. The van der Waals surface area contributed by atoms with Crippen LogP contribution in [0.4, 0.5) is 0 Å². The van der Waals surface area contributed by atoms with Crippen LogP contribution in [0.5, 0.6) is 0 Å². The van der Waals surface area contributed by atoms with Gasteiger partial charge in [0.05, 0.1) is 12.5 Å². The molecule has 3 nitrogen and oxygen atoms in total. The van der Waals surface area contributed by atoms with Gasteiger partial charge in [-0.2, -0.15) is 0 Å². The molecule has 0 bridgehead atoms. The molecule has 0 aliphatic heterocycles. The Balaban J connectivity index is 1.63. The number of carbonyl (C=O) groups excluding carboxylic acids is 1. The normalized spacial score (nSPS) is 10.9. The van der Waals surface area contributed by atoms with E-state index in [0.717, 1.165) is 28.3 Å². The summed E-state index contributed by atoms with van der Waals surface area (Å²) in [7, 11) is 0. The number of furan rings is 1. The zero-order valence-corrected chi connectivity index (χ0v) is 15.1. The van der Waals surface area contributed by atoms with Crippen LogP contribution < -0.4 is 0 Å². The Labute approximate surface area is 156 Å². The Morgan fingerprint density at radius 2 is 1.88 bits per heavy atom. The molecule has 2 aromatic carbocycles. The largest absolute Gasteiger partial charge is 0.472 e. The first-order valence-corrected chi connectivity index (χ1v) is 9.50. The topological polar surface area (TPSA) is 33.5 Å². The third kappa shape index (κ3) is 3.55. The molecular weight excluding hydrogens is 342 g/mol. The molecule has 0 radical (unpaired) electrons. The van der Waals surface area contributed by atoms with E-state index >= 15 is 0 Å². The van der Waals surface area contributed by atoms with Crippen molar-refractivity contribution < 1.29 is 9.21 Å². The second-order valence-electron chi connectivity index (χ2n) is 6.21. The minimum Gasteiger partial charge on any atom is -0.472 e. The summed E-state index contributed by atoms with van der Waals surface area (Å²) in [4.78, 5) is 16.5. The number of thiophene rings is 1. The SMILES string of the molecule is O=C(c1cccc2ccccc12)N(CCc1cccs1)Cc1ccoc1. The van der Waals surface area contributed by atoms with Crippen LogP contribution in [-0.2, 0) is 13.0 Å². The van der Waals surface area contributed by atoms with Crippen molar-refractivity contribution in [3.63, 3.8) is 0 Å². The van der Waals surface area contributed by atoms with Crippen LogP contribution in [0.15, 0.2) is 83.0 Å². The van der Waals surface area contributed by atoms with Gasteiger partial charge in [-0.3, -0.25) is 4.79 Å². The third-order valence-corrected chi connectivity index (χ3v) is 5.41. The molecule has 0 saturated heterocycles. The number of nitrogens with zero attached hydrogens (tertiary/aromatic N) is 1. The summed E-state index contributed by atoms with van der Waals surface area (Å²) >= 11 is 1.73. The lowest BCUT2D eigenvalue weighted by Gasteiger charge is -2.23. The van der Waals surface area contributed by atoms with Crippen LogP contribution >= 0.6 is 11.3 Å². The quantitative estimate of drug-likeness (QED) is 0.462. The average Bonchev–Trinajstić information content (AvgIpc) is 3.38. The Kier molecular flexibility index (Phi) is 4.84. The molecule has 130 valence electrons. The minimum absolute atomic E-state index is 0.0551. The van der Waals surface area contributed by atoms with Crippen LogP contribution in [-0.4, -0.2) is 17.4 Å². The van der Waals surface area contributed by atoms with Crippen molar-refractivity contribution >= 4 is 28.0 Å². The smallest absolute Gasteiger partial charge is 0.254 e. The van der Waals surface area contributed by atoms with Crippen molar-refractivity contribution in [1.82, 2.24) is 4.90 Å². The molecule has 0 aliphatic carbocycles. The number of amides is 1. The van der Waals surface area contributed by atoms with E-state index in [1.54, 1.807) is 23.9 Å². The Hall–Kier alpha value is -2.85.